The smallest absolute Gasteiger partial charge is 0.237 e. The molecule has 1 aliphatic rings. The van der Waals surface area contributed by atoms with Gasteiger partial charge in [-0.05, 0) is 57.5 Å². The average Bonchev–Trinajstić information content (AvgIpc) is 2.64. The van der Waals surface area contributed by atoms with Crippen molar-refractivity contribution in [3.63, 3.8) is 0 Å². The summed E-state index contributed by atoms with van der Waals surface area (Å²) < 4.78 is 5.64. The number of ether oxygens (including phenoxy) is 1. The number of likely N-dealkylation sites (tertiary alicyclic amines) is 1. The van der Waals surface area contributed by atoms with E-state index in [9.17, 15) is 9.59 Å². The number of hydrogen-bond donors (Lipinski definition) is 2. The van der Waals surface area contributed by atoms with Crippen LogP contribution in [0.5, 0.6) is 5.75 Å². The zero-order valence-electron chi connectivity index (χ0n) is 15.4. The average molecular weight is 347 g/mol. The Kier molecular flexibility index (Phi) is 7.25. The number of hydrogen-bond acceptors (Lipinski definition) is 4. The van der Waals surface area contributed by atoms with Crippen LogP contribution in [0.2, 0.25) is 0 Å². The van der Waals surface area contributed by atoms with Crippen LogP contribution in [0.3, 0.4) is 0 Å². The van der Waals surface area contributed by atoms with Gasteiger partial charge >= 0.3 is 0 Å². The number of aryl methyl sites for hydroxylation is 1. The molecule has 1 aliphatic heterocycles. The number of amides is 2. The van der Waals surface area contributed by atoms with Crippen LogP contribution in [-0.4, -0.2) is 56.0 Å². The second kappa shape index (κ2) is 9.42. The predicted molar refractivity (Wildman–Crippen MR) is 97.5 cm³/mol. The number of benzene rings is 1. The molecule has 6 heteroatoms. The Labute approximate surface area is 149 Å². The minimum absolute atomic E-state index is 0.00577. The number of rotatable bonds is 7. The Morgan fingerprint density at radius 3 is 2.68 bits per heavy atom. The molecule has 1 fully saturated rings. The van der Waals surface area contributed by atoms with Crippen LogP contribution in [0, 0.1) is 12.8 Å². The normalized spacial score (nSPS) is 16.9. The highest BCUT2D eigenvalue weighted by Gasteiger charge is 2.29. The molecule has 0 saturated carbocycles. The lowest BCUT2D eigenvalue weighted by atomic mass is 9.95. The summed E-state index contributed by atoms with van der Waals surface area (Å²) in [6, 6.07) is 7.66. The summed E-state index contributed by atoms with van der Waals surface area (Å²) in [4.78, 5) is 26.1. The van der Waals surface area contributed by atoms with Crippen LogP contribution in [0.25, 0.3) is 0 Å². The minimum Gasteiger partial charge on any atom is -0.492 e. The van der Waals surface area contributed by atoms with Crippen molar-refractivity contribution < 1.29 is 14.3 Å². The van der Waals surface area contributed by atoms with E-state index >= 15 is 0 Å². The van der Waals surface area contributed by atoms with Crippen LogP contribution < -0.4 is 15.4 Å². The van der Waals surface area contributed by atoms with Crippen molar-refractivity contribution in [2.45, 2.75) is 32.7 Å². The van der Waals surface area contributed by atoms with Crippen molar-refractivity contribution in [2.75, 3.05) is 33.3 Å². The van der Waals surface area contributed by atoms with Crippen LogP contribution in [0.15, 0.2) is 24.3 Å². The third-order valence-corrected chi connectivity index (χ3v) is 4.73. The van der Waals surface area contributed by atoms with Crippen molar-refractivity contribution in [1.29, 1.82) is 0 Å². The molecule has 1 saturated heterocycles. The maximum Gasteiger partial charge on any atom is 0.237 e. The first-order chi connectivity index (χ1) is 12.0. The first-order valence-corrected chi connectivity index (χ1v) is 8.94. The highest BCUT2D eigenvalue weighted by atomic mass is 16.5. The molecule has 0 radical (unpaired) electrons. The molecule has 2 N–H and O–H groups in total. The maximum atomic E-state index is 12.3. The van der Waals surface area contributed by atoms with Gasteiger partial charge < -0.3 is 15.4 Å². The lowest BCUT2D eigenvalue weighted by molar-refractivity contribution is -0.128. The topological polar surface area (TPSA) is 70.7 Å². The van der Waals surface area contributed by atoms with E-state index in [1.54, 1.807) is 7.05 Å². The molecule has 0 aliphatic carbocycles. The largest absolute Gasteiger partial charge is 0.492 e. The van der Waals surface area contributed by atoms with Gasteiger partial charge in [-0.1, -0.05) is 12.1 Å². The van der Waals surface area contributed by atoms with E-state index in [4.69, 9.17) is 4.74 Å². The second-order valence-electron chi connectivity index (χ2n) is 6.56. The zero-order valence-corrected chi connectivity index (χ0v) is 15.4. The molecular weight excluding hydrogens is 318 g/mol. The summed E-state index contributed by atoms with van der Waals surface area (Å²) in [5.74, 6) is 0.995. The van der Waals surface area contributed by atoms with Crippen LogP contribution in [0.4, 0.5) is 0 Å². The van der Waals surface area contributed by atoms with Gasteiger partial charge in [0.05, 0.1) is 12.6 Å². The molecule has 2 rings (SSSR count). The van der Waals surface area contributed by atoms with Crippen molar-refractivity contribution in [1.82, 2.24) is 15.5 Å². The van der Waals surface area contributed by atoms with E-state index < -0.39 is 0 Å². The fraction of sp³-hybridized carbons (Fsp3) is 0.579. The Bertz CT molecular complexity index is 583. The molecule has 0 spiro atoms. The summed E-state index contributed by atoms with van der Waals surface area (Å²) in [7, 11) is 1.67. The molecule has 1 heterocycles. The molecule has 6 nitrogen and oxygen atoms in total. The van der Waals surface area contributed by atoms with Gasteiger partial charge in [0.2, 0.25) is 11.8 Å². The lowest BCUT2D eigenvalue weighted by Gasteiger charge is -2.34. The van der Waals surface area contributed by atoms with Crippen LogP contribution >= 0.6 is 0 Å². The molecule has 2 amide bonds. The highest BCUT2D eigenvalue weighted by Crippen LogP contribution is 2.19. The molecule has 25 heavy (non-hydrogen) atoms. The van der Waals surface area contributed by atoms with Gasteiger partial charge in [-0.3, -0.25) is 14.5 Å². The number of nitrogens with zero attached hydrogens (tertiary/aromatic N) is 1. The molecule has 1 aromatic carbocycles. The first-order valence-electron chi connectivity index (χ1n) is 8.94. The number of carbonyl (C=O) groups is 2. The molecule has 1 aromatic rings. The van der Waals surface area contributed by atoms with Crippen molar-refractivity contribution in [3.05, 3.63) is 29.8 Å². The van der Waals surface area contributed by atoms with Gasteiger partial charge in [-0.2, -0.15) is 0 Å². The van der Waals surface area contributed by atoms with E-state index in [1.807, 2.05) is 38.1 Å². The third kappa shape index (κ3) is 5.74. The summed E-state index contributed by atoms with van der Waals surface area (Å²) >= 11 is 0. The second-order valence-corrected chi connectivity index (χ2v) is 6.56. The van der Waals surface area contributed by atoms with Gasteiger partial charge in [-0.15, -0.1) is 0 Å². The Morgan fingerprint density at radius 2 is 2.04 bits per heavy atom. The van der Waals surface area contributed by atoms with Gasteiger partial charge in [-0.25, -0.2) is 0 Å². The third-order valence-electron chi connectivity index (χ3n) is 4.73. The Balaban J connectivity index is 1.67. The molecular formula is C19H29N3O3. The highest BCUT2D eigenvalue weighted by molar-refractivity contribution is 5.81. The minimum atomic E-state index is -0.190. The van der Waals surface area contributed by atoms with Crippen molar-refractivity contribution in [2.24, 2.45) is 5.92 Å². The van der Waals surface area contributed by atoms with E-state index in [0.717, 1.165) is 37.2 Å². The molecule has 138 valence electrons. The number of carbonyl (C=O) groups excluding carboxylic acids is 2. The number of nitrogens with one attached hydrogen (secondary N) is 2. The fourth-order valence-corrected chi connectivity index (χ4v) is 3.11. The Morgan fingerprint density at radius 1 is 1.32 bits per heavy atom. The summed E-state index contributed by atoms with van der Waals surface area (Å²) in [5.41, 5.74) is 1.15. The fourth-order valence-electron chi connectivity index (χ4n) is 3.11. The van der Waals surface area contributed by atoms with E-state index in [0.29, 0.717) is 13.2 Å². The van der Waals surface area contributed by atoms with Gasteiger partial charge in [0, 0.05) is 13.0 Å². The van der Waals surface area contributed by atoms with E-state index in [1.165, 1.54) is 0 Å². The summed E-state index contributed by atoms with van der Waals surface area (Å²) in [5, 5.41) is 5.63. The van der Waals surface area contributed by atoms with Crippen LogP contribution in [0.1, 0.15) is 25.3 Å². The zero-order chi connectivity index (χ0) is 18.2. The molecule has 0 aromatic heterocycles. The van der Waals surface area contributed by atoms with Gasteiger partial charge in [0.15, 0.2) is 0 Å². The summed E-state index contributed by atoms with van der Waals surface area (Å²) in [6.45, 7) is 6.39. The van der Waals surface area contributed by atoms with Crippen LogP contribution in [-0.2, 0) is 9.59 Å². The van der Waals surface area contributed by atoms with Crippen molar-refractivity contribution >= 4 is 11.8 Å². The van der Waals surface area contributed by atoms with Crippen molar-refractivity contribution in [3.8, 4) is 5.75 Å². The summed E-state index contributed by atoms with van der Waals surface area (Å²) in [6.07, 6.45) is 1.60. The standard InChI is InChI=1S/C19H29N3O3/c1-14-5-4-6-17(13-14)25-12-9-21-18(23)15(2)22-10-7-16(8-11-22)19(24)20-3/h4-6,13,15-16H,7-12H2,1-3H3,(H,20,24)(H,21,23). The van der Waals surface area contributed by atoms with E-state index in [2.05, 4.69) is 15.5 Å². The molecule has 1 atom stereocenters. The maximum absolute atomic E-state index is 12.3. The lowest BCUT2D eigenvalue weighted by Crippen LogP contribution is -2.50. The van der Waals surface area contributed by atoms with Gasteiger partial charge in [0.25, 0.3) is 0 Å². The molecule has 1 unspecified atom stereocenters. The monoisotopic (exact) mass is 347 g/mol. The quantitative estimate of drug-likeness (QED) is 0.730. The number of piperidine rings is 1. The van der Waals surface area contributed by atoms with Gasteiger partial charge in [0.1, 0.15) is 12.4 Å². The first kappa shape index (κ1) is 19.2. The SMILES string of the molecule is CNC(=O)C1CCN(C(C)C(=O)NCCOc2cccc(C)c2)CC1. The van der Waals surface area contributed by atoms with E-state index in [-0.39, 0.29) is 23.8 Å². The predicted octanol–water partition coefficient (Wildman–Crippen LogP) is 1.34. The Hall–Kier alpha value is -2.08. The molecule has 0 bridgehead atoms.